The number of hydrogen-bond acceptors (Lipinski definition) is 9. The summed E-state index contributed by atoms with van der Waals surface area (Å²) in [6.45, 7) is 5.37. The number of benzene rings is 1. The highest BCUT2D eigenvalue weighted by Crippen LogP contribution is 2.43. The van der Waals surface area contributed by atoms with E-state index >= 15 is 4.39 Å². The van der Waals surface area contributed by atoms with Gasteiger partial charge in [-0.3, -0.25) is 0 Å². The van der Waals surface area contributed by atoms with Crippen LogP contribution < -0.4 is 9.47 Å². The zero-order valence-electron chi connectivity index (χ0n) is 21.2. The number of furan rings is 1. The van der Waals surface area contributed by atoms with Crippen LogP contribution >= 0.6 is 22.7 Å². The lowest BCUT2D eigenvalue weighted by molar-refractivity contribution is -0.101. The molecule has 6 rings (SSSR count). The molecule has 38 heavy (non-hydrogen) atoms. The standard InChI is InChI=1S/C26H26F2N4O4S2/c1-13-8-26(28,9-14(2)35-13)24-30-16(12-37-24)11-34-20-5-17(33-4)6-21-18(20)7-22(36-21)19-10-29-25-32(19)31-23(38-25)15(3)27/h5-7,10,12-15H,8-9,11H2,1-4H3. The van der Waals surface area contributed by atoms with Gasteiger partial charge < -0.3 is 18.6 Å². The third-order valence-electron chi connectivity index (χ3n) is 6.50. The number of halogens is 2. The molecule has 0 N–H and O–H groups in total. The Morgan fingerprint density at radius 3 is 2.76 bits per heavy atom. The fourth-order valence-electron chi connectivity index (χ4n) is 4.88. The van der Waals surface area contributed by atoms with Crippen LogP contribution in [0.4, 0.5) is 8.78 Å². The van der Waals surface area contributed by atoms with Gasteiger partial charge in [-0.25, -0.2) is 18.7 Å². The van der Waals surface area contributed by atoms with Crippen LogP contribution in [-0.2, 0) is 17.0 Å². The number of rotatable bonds is 7. The fraction of sp³-hybridized carbons (Fsp3) is 0.423. The largest absolute Gasteiger partial charge is 0.496 e. The van der Waals surface area contributed by atoms with E-state index in [-0.39, 0.29) is 31.7 Å². The third-order valence-corrected chi connectivity index (χ3v) is 8.65. The number of nitrogens with zero attached hydrogens (tertiary/aromatic N) is 4. The van der Waals surface area contributed by atoms with Gasteiger partial charge in [-0.2, -0.15) is 9.61 Å². The Balaban J connectivity index is 1.28. The highest BCUT2D eigenvalue weighted by Gasteiger charge is 2.42. The molecule has 0 radical (unpaired) electrons. The van der Waals surface area contributed by atoms with E-state index in [0.717, 1.165) is 5.39 Å². The van der Waals surface area contributed by atoms with Gasteiger partial charge in [0.25, 0.3) is 0 Å². The van der Waals surface area contributed by atoms with E-state index in [0.29, 0.717) is 49.2 Å². The Bertz CT molecular complexity index is 1600. The van der Waals surface area contributed by atoms with Gasteiger partial charge >= 0.3 is 0 Å². The summed E-state index contributed by atoms with van der Waals surface area (Å²) in [5.41, 5.74) is 0.280. The smallest absolute Gasteiger partial charge is 0.212 e. The minimum Gasteiger partial charge on any atom is -0.496 e. The highest BCUT2D eigenvalue weighted by molar-refractivity contribution is 7.16. The second-order valence-electron chi connectivity index (χ2n) is 9.61. The summed E-state index contributed by atoms with van der Waals surface area (Å²) in [5, 5.41) is 7.69. The predicted octanol–water partition coefficient (Wildman–Crippen LogP) is 7.03. The summed E-state index contributed by atoms with van der Waals surface area (Å²) in [6, 6.07) is 5.37. The number of imidazole rings is 1. The molecule has 0 amide bonds. The molecule has 0 saturated carbocycles. The molecule has 3 atom stereocenters. The quantitative estimate of drug-likeness (QED) is 0.211. The first-order valence-corrected chi connectivity index (χ1v) is 13.9. The van der Waals surface area contributed by atoms with Gasteiger partial charge in [0.2, 0.25) is 4.96 Å². The first-order chi connectivity index (χ1) is 18.2. The number of methoxy groups -OCH3 is 1. The SMILES string of the molecule is COc1cc(OCc2csc(C3(F)CC(C)OC(C)C3)n2)c2cc(-c3cnc4sc(C(C)F)nn34)oc2c1. The summed E-state index contributed by atoms with van der Waals surface area (Å²) in [4.78, 5) is 9.49. The first-order valence-electron chi connectivity index (χ1n) is 12.2. The first kappa shape index (κ1) is 25.2. The van der Waals surface area contributed by atoms with E-state index < -0.39 is 11.8 Å². The average molecular weight is 561 g/mol. The third kappa shape index (κ3) is 4.54. The van der Waals surface area contributed by atoms with Crippen LogP contribution in [0.5, 0.6) is 11.5 Å². The Hall–Kier alpha value is -3.09. The van der Waals surface area contributed by atoms with Crippen LogP contribution in [0.3, 0.4) is 0 Å². The van der Waals surface area contributed by atoms with Gasteiger partial charge in [0.1, 0.15) is 34.4 Å². The summed E-state index contributed by atoms with van der Waals surface area (Å²) >= 11 is 2.50. The second-order valence-corrected chi connectivity index (χ2v) is 11.5. The molecule has 5 heterocycles. The van der Waals surface area contributed by atoms with E-state index in [1.165, 1.54) is 29.6 Å². The number of ether oxygens (including phenoxy) is 3. The minimum atomic E-state index is -1.51. The van der Waals surface area contributed by atoms with E-state index in [4.69, 9.17) is 18.6 Å². The van der Waals surface area contributed by atoms with Crippen molar-refractivity contribution in [1.82, 2.24) is 19.6 Å². The number of hydrogen-bond donors (Lipinski definition) is 0. The Morgan fingerprint density at radius 2 is 2.03 bits per heavy atom. The van der Waals surface area contributed by atoms with Gasteiger partial charge in [-0.15, -0.1) is 11.3 Å². The van der Waals surface area contributed by atoms with Crippen LogP contribution in [-0.4, -0.2) is 38.9 Å². The minimum absolute atomic E-state index is 0.151. The zero-order chi connectivity index (χ0) is 26.6. The molecule has 200 valence electrons. The van der Waals surface area contributed by atoms with Crippen LogP contribution in [0.25, 0.3) is 27.4 Å². The van der Waals surface area contributed by atoms with Crippen molar-refractivity contribution >= 4 is 38.6 Å². The van der Waals surface area contributed by atoms with Crippen molar-refractivity contribution in [2.45, 2.75) is 64.3 Å². The number of fused-ring (bicyclic) bond motifs is 2. The normalized spacial score (nSPS) is 22.8. The summed E-state index contributed by atoms with van der Waals surface area (Å²) in [7, 11) is 1.56. The highest BCUT2D eigenvalue weighted by atomic mass is 32.1. The van der Waals surface area contributed by atoms with Crippen molar-refractivity contribution in [3.63, 3.8) is 0 Å². The van der Waals surface area contributed by atoms with Gasteiger partial charge in [0, 0.05) is 30.4 Å². The maximum atomic E-state index is 15.7. The topological polar surface area (TPSA) is 83.9 Å². The van der Waals surface area contributed by atoms with Crippen molar-refractivity contribution < 1.29 is 27.4 Å². The molecule has 0 spiro atoms. The van der Waals surface area contributed by atoms with Gasteiger partial charge in [-0.1, -0.05) is 11.3 Å². The molecule has 1 fully saturated rings. The summed E-state index contributed by atoms with van der Waals surface area (Å²) in [5.74, 6) is 1.59. The molecule has 0 aliphatic carbocycles. The molecular formula is C26H26F2N4O4S2. The maximum absolute atomic E-state index is 15.7. The lowest BCUT2D eigenvalue weighted by Crippen LogP contribution is -2.38. The molecule has 1 aliphatic rings. The van der Waals surface area contributed by atoms with Crippen LogP contribution in [0.1, 0.15) is 55.5 Å². The molecule has 4 aromatic heterocycles. The molecular weight excluding hydrogens is 534 g/mol. The maximum Gasteiger partial charge on any atom is 0.212 e. The van der Waals surface area contributed by atoms with Crippen molar-refractivity contribution in [1.29, 1.82) is 0 Å². The Morgan fingerprint density at radius 1 is 1.24 bits per heavy atom. The molecule has 3 unspecified atom stereocenters. The molecule has 1 aliphatic heterocycles. The molecule has 0 bridgehead atoms. The zero-order valence-corrected chi connectivity index (χ0v) is 22.9. The summed E-state index contributed by atoms with van der Waals surface area (Å²) in [6.07, 6.45) is 0.689. The molecule has 12 heteroatoms. The molecule has 5 aromatic rings. The van der Waals surface area contributed by atoms with Crippen molar-refractivity contribution in [2.24, 2.45) is 0 Å². The van der Waals surface area contributed by atoms with Crippen LogP contribution in [0, 0.1) is 0 Å². The van der Waals surface area contributed by atoms with E-state index in [1.807, 2.05) is 25.3 Å². The van der Waals surface area contributed by atoms with Gasteiger partial charge in [0.15, 0.2) is 22.6 Å². The van der Waals surface area contributed by atoms with Gasteiger partial charge in [0.05, 0.1) is 36.6 Å². The molecule has 1 saturated heterocycles. The average Bonchev–Trinajstić information content (AvgIpc) is 3.64. The van der Waals surface area contributed by atoms with Crippen molar-refractivity contribution in [3.8, 4) is 23.0 Å². The van der Waals surface area contributed by atoms with E-state index in [2.05, 4.69) is 15.1 Å². The van der Waals surface area contributed by atoms with Crippen molar-refractivity contribution in [2.75, 3.05) is 7.11 Å². The Kier molecular flexibility index (Phi) is 6.36. The van der Waals surface area contributed by atoms with Gasteiger partial charge in [-0.05, 0) is 26.8 Å². The molecule has 8 nitrogen and oxygen atoms in total. The monoisotopic (exact) mass is 560 g/mol. The van der Waals surface area contributed by atoms with Crippen LogP contribution in [0.15, 0.2) is 34.2 Å². The van der Waals surface area contributed by atoms with Crippen molar-refractivity contribution in [3.05, 3.63) is 45.5 Å². The second kappa shape index (κ2) is 9.58. The predicted molar refractivity (Wildman–Crippen MR) is 141 cm³/mol. The Labute approximate surface area is 225 Å². The number of thiazole rings is 1. The number of aromatic nitrogens is 4. The van der Waals surface area contributed by atoms with E-state index in [1.54, 1.807) is 30.0 Å². The fourth-order valence-corrected chi connectivity index (χ4v) is 6.59. The summed E-state index contributed by atoms with van der Waals surface area (Å²) < 4.78 is 54.5. The number of alkyl halides is 2. The lowest BCUT2D eigenvalue weighted by Gasteiger charge is -2.35. The van der Waals surface area contributed by atoms with E-state index in [9.17, 15) is 4.39 Å². The van der Waals surface area contributed by atoms with Crippen LogP contribution in [0.2, 0.25) is 0 Å². The molecule has 1 aromatic carbocycles. The lowest BCUT2D eigenvalue weighted by atomic mass is 9.90.